The third-order valence-corrected chi connectivity index (χ3v) is 2.31. The van der Waals surface area contributed by atoms with E-state index < -0.39 is 22.6 Å². The summed E-state index contributed by atoms with van der Waals surface area (Å²) in [5.74, 6) is -0.729. The molecular weight excluding hydrogens is 271 g/mol. The van der Waals surface area contributed by atoms with Gasteiger partial charge in [-0.2, -0.15) is 0 Å². The average Bonchev–Trinajstić information content (AvgIpc) is 2.16. The minimum absolute atomic E-state index is 0.174. The van der Waals surface area contributed by atoms with E-state index in [0.29, 0.717) is 0 Å². The SMILES string of the molecule is CC(C)(O)C(O)P.CC(C)(O)CO.CC(C)(O)CO. The van der Waals surface area contributed by atoms with Crippen molar-refractivity contribution in [2.75, 3.05) is 13.2 Å². The fraction of sp³-hybridized carbons (Fsp3) is 1.00. The van der Waals surface area contributed by atoms with Crippen LogP contribution in [0.1, 0.15) is 41.5 Å². The predicted molar refractivity (Wildman–Crippen MR) is 78.8 cm³/mol. The molecule has 0 amide bonds. The lowest BCUT2D eigenvalue weighted by Crippen LogP contribution is -2.30. The molecule has 7 heteroatoms. The van der Waals surface area contributed by atoms with Crippen LogP contribution in [0.2, 0.25) is 0 Å². The average molecular weight is 302 g/mol. The number of rotatable bonds is 3. The Hall–Kier alpha value is 0.190. The van der Waals surface area contributed by atoms with Crippen LogP contribution >= 0.6 is 9.24 Å². The van der Waals surface area contributed by atoms with E-state index in [4.69, 9.17) is 30.6 Å². The molecule has 0 aromatic rings. The summed E-state index contributed by atoms with van der Waals surface area (Å²) in [6.07, 6.45) is 0. The maximum absolute atomic E-state index is 8.82. The molecule has 6 N–H and O–H groups in total. The van der Waals surface area contributed by atoms with Gasteiger partial charge in [0, 0.05) is 0 Å². The maximum Gasteiger partial charge on any atom is 0.0953 e. The number of aliphatic hydroxyl groups is 6. The molecule has 0 fully saturated rings. The highest BCUT2D eigenvalue weighted by atomic mass is 31.0. The Morgan fingerprint density at radius 3 is 0.895 bits per heavy atom. The van der Waals surface area contributed by atoms with Crippen LogP contribution in [0.15, 0.2) is 0 Å². The van der Waals surface area contributed by atoms with Gasteiger partial charge in [0.2, 0.25) is 0 Å². The number of hydrogen-bond acceptors (Lipinski definition) is 6. The van der Waals surface area contributed by atoms with Crippen molar-refractivity contribution < 1.29 is 30.6 Å². The monoisotopic (exact) mass is 302 g/mol. The van der Waals surface area contributed by atoms with Gasteiger partial charge in [0.25, 0.3) is 0 Å². The molecule has 0 bridgehead atoms. The second-order valence-electron chi connectivity index (χ2n) is 6.04. The summed E-state index contributed by atoms with van der Waals surface area (Å²) in [5.41, 5.74) is -2.79. The molecule has 0 aliphatic rings. The third kappa shape index (κ3) is 32.1. The molecule has 2 atom stereocenters. The zero-order chi connectivity index (χ0) is 16.5. The maximum atomic E-state index is 8.82. The van der Waals surface area contributed by atoms with Crippen LogP contribution in [-0.2, 0) is 0 Å². The molecule has 0 aromatic heterocycles. The van der Waals surface area contributed by atoms with Gasteiger partial charge >= 0.3 is 0 Å². The fourth-order valence-corrected chi connectivity index (χ4v) is 0. The minimum atomic E-state index is -0.981. The van der Waals surface area contributed by atoms with Gasteiger partial charge in [-0.3, -0.25) is 0 Å². The molecule has 0 saturated heterocycles. The summed E-state index contributed by atoms with van der Waals surface area (Å²) in [4.78, 5) is 0. The Morgan fingerprint density at radius 2 is 0.895 bits per heavy atom. The van der Waals surface area contributed by atoms with E-state index in [9.17, 15) is 0 Å². The van der Waals surface area contributed by atoms with Crippen LogP contribution in [0, 0.1) is 0 Å². The first kappa shape index (κ1) is 24.2. The molecule has 6 nitrogen and oxygen atoms in total. The van der Waals surface area contributed by atoms with Gasteiger partial charge in [0.05, 0.1) is 35.9 Å². The molecule has 0 aromatic carbocycles. The van der Waals surface area contributed by atoms with Crippen molar-refractivity contribution in [2.24, 2.45) is 0 Å². The van der Waals surface area contributed by atoms with Crippen LogP contribution in [0.3, 0.4) is 0 Å². The lowest BCUT2D eigenvalue weighted by atomic mass is 10.2. The third-order valence-electron chi connectivity index (χ3n) is 1.50. The van der Waals surface area contributed by atoms with Crippen LogP contribution in [0.4, 0.5) is 0 Å². The molecule has 0 spiro atoms. The first-order valence-corrected chi connectivity index (χ1v) is 6.56. The summed E-state index contributed by atoms with van der Waals surface area (Å²) < 4.78 is 0. The Labute approximate surface area is 118 Å². The van der Waals surface area contributed by atoms with Gasteiger partial charge in [-0.1, -0.05) is 0 Å². The van der Waals surface area contributed by atoms with E-state index in [1.165, 1.54) is 0 Å². The van der Waals surface area contributed by atoms with Gasteiger partial charge in [-0.15, -0.1) is 9.24 Å². The van der Waals surface area contributed by atoms with Crippen molar-refractivity contribution in [2.45, 2.75) is 64.2 Å². The van der Waals surface area contributed by atoms with Crippen molar-refractivity contribution in [1.82, 2.24) is 0 Å². The van der Waals surface area contributed by atoms with Crippen LogP contribution in [0.5, 0.6) is 0 Å². The molecule has 0 radical (unpaired) electrons. The zero-order valence-corrected chi connectivity index (χ0v) is 13.9. The van der Waals surface area contributed by atoms with Crippen LogP contribution in [0.25, 0.3) is 0 Å². The number of hydrogen-bond donors (Lipinski definition) is 6. The van der Waals surface area contributed by atoms with Gasteiger partial charge in [-0.05, 0) is 41.5 Å². The van der Waals surface area contributed by atoms with Crippen molar-refractivity contribution in [3.05, 3.63) is 0 Å². The molecule has 0 heterocycles. The van der Waals surface area contributed by atoms with Gasteiger partial charge in [-0.25, -0.2) is 0 Å². The lowest BCUT2D eigenvalue weighted by molar-refractivity contribution is -0.00173. The second kappa shape index (κ2) is 10.00. The van der Waals surface area contributed by atoms with Crippen molar-refractivity contribution in [3.8, 4) is 0 Å². The molecule has 0 aliphatic heterocycles. The molecule has 120 valence electrons. The predicted octanol–water partition coefficient (Wildman–Crippen LogP) is -0.550. The first-order chi connectivity index (χ1) is 8.06. The number of aliphatic hydroxyl groups excluding tert-OH is 3. The van der Waals surface area contributed by atoms with E-state index in [2.05, 4.69) is 9.24 Å². The Kier molecular flexibility index (Phi) is 12.7. The topological polar surface area (TPSA) is 121 Å². The summed E-state index contributed by atoms with van der Waals surface area (Å²) in [7, 11) is 2.11. The van der Waals surface area contributed by atoms with E-state index in [1.807, 2.05) is 0 Å². The zero-order valence-electron chi connectivity index (χ0n) is 12.8. The highest BCUT2D eigenvalue weighted by molar-refractivity contribution is 7.17. The van der Waals surface area contributed by atoms with E-state index >= 15 is 0 Å². The largest absolute Gasteiger partial charge is 0.393 e. The summed E-state index contributed by atoms with van der Waals surface area (Å²) in [6.45, 7) is 8.94. The van der Waals surface area contributed by atoms with Crippen LogP contribution in [-0.4, -0.2) is 66.5 Å². The van der Waals surface area contributed by atoms with E-state index in [0.717, 1.165) is 0 Å². The molecule has 2 unspecified atom stereocenters. The normalized spacial score (nSPS) is 13.7. The van der Waals surface area contributed by atoms with E-state index in [-0.39, 0.29) is 13.2 Å². The molecule has 0 aliphatic carbocycles. The van der Waals surface area contributed by atoms with Crippen molar-refractivity contribution >= 4 is 9.24 Å². The minimum Gasteiger partial charge on any atom is -0.393 e. The smallest absolute Gasteiger partial charge is 0.0953 e. The van der Waals surface area contributed by atoms with Gasteiger partial charge in [0.1, 0.15) is 0 Å². The van der Waals surface area contributed by atoms with Crippen molar-refractivity contribution in [1.29, 1.82) is 0 Å². The molecule has 0 rings (SSSR count). The Balaban J connectivity index is -0.000000203. The van der Waals surface area contributed by atoms with Crippen molar-refractivity contribution in [3.63, 3.8) is 0 Å². The summed E-state index contributed by atoms with van der Waals surface area (Å²) in [5, 5.41) is 50.9. The summed E-state index contributed by atoms with van der Waals surface area (Å²) >= 11 is 0. The highest BCUT2D eigenvalue weighted by Gasteiger charge is 2.18. The molecular formula is C12H31O6P. The molecule has 0 saturated carbocycles. The van der Waals surface area contributed by atoms with E-state index in [1.54, 1.807) is 41.5 Å². The molecule has 19 heavy (non-hydrogen) atoms. The second-order valence-corrected chi connectivity index (χ2v) is 6.67. The quantitative estimate of drug-likeness (QED) is 0.389. The lowest BCUT2D eigenvalue weighted by Gasteiger charge is -2.19. The highest BCUT2D eigenvalue weighted by Crippen LogP contribution is 2.12. The first-order valence-electron chi connectivity index (χ1n) is 5.89. The van der Waals surface area contributed by atoms with Gasteiger partial charge in [0.15, 0.2) is 0 Å². The Bertz CT molecular complexity index is 186. The summed E-state index contributed by atoms with van der Waals surface area (Å²) in [6, 6.07) is 0. The van der Waals surface area contributed by atoms with Crippen LogP contribution < -0.4 is 0 Å². The van der Waals surface area contributed by atoms with Gasteiger partial charge < -0.3 is 30.6 Å². The Morgan fingerprint density at radius 1 is 0.789 bits per heavy atom. The fourth-order valence-electron chi connectivity index (χ4n) is 0. The standard InChI is InChI=1S/C4H11O2P.2C4H10O2/c1-4(2,6)3(5)7;2*1-4(2,6)3-5/h3,5-6H,7H2,1-2H3;2*5-6H,3H2,1-2H3.